The van der Waals surface area contributed by atoms with Gasteiger partial charge < -0.3 is 9.25 Å². The van der Waals surface area contributed by atoms with Gasteiger partial charge in [0.05, 0.1) is 6.66 Å². The Hall–Kier alpha value is -2.93. The van der Waals surface area contributed by atoms with Crippen LogP contribution >= 0.6 is 7.60 Å². The van der Waals surface area contributed by atoms with Crippen molar-refractivity contribution in [2.75, 3.05) is 6.66 Å². The van der Waals surface area contributed by atoms with Gasteiger partial charge in [0.15, 0.2) is 0 Å². The van der Waals surface area contributed by atoms with Gasteiger partial charge in [-0.15, -0.1) is 10.2 Å². The highest BCUT2D eigenvalue weighted by molar-refractivity contribution is 7.53. The predicted octanol–water partition coefficient (Wildman–Crippen LogP) is 1.56. The summed E-state index contributed by atoms with van der Waals surface area (Å²) in [6, 6.07) is 14.3. The summed E-state index contributed by atoms with van der Waals surface area (Å²) in [6.07, 6.45) is 0. The molecule has 0 bridgehead atoms. The van der Waals surface area contributed by atoms with Crippen molar-refractivity contribution in [2.24, 2.45) is 0 Å². The topological polar surface area (TPSA) is 97.0 Å². The molecule has 0 aliphatic heterocycles. The van der Waals surface area contributed by atoms with E-state index in [1.54, 1.807) is 36.4 Å². The molecule has 2 aromatic heterocycles. The molecule has 0 spiro atoms. The van der Waals surface area contributed by atoms with Crippen molar-refractivity contribution in [1.82, 2.24) is 30.3 Å². The molecular weight excluding hydrogens is 319 g/mol. The highest BCUT2D eigenvalue weighted by Gasteiger charge is 2.25. The van der Waals surface area contributed by atoms with Crippen LogP contribution < -0.4 is 9.25 Å². The van der Waals surface area contributed by atoms with Gasteiger partial charge in [0, 0.05) is 0 Å². The Morgan fingerprint density at radius 3 is 1.74 bits per heavy atom. The van der Waals surface area contributed by atoms with Gasteiger partial charge in [0.1, 0.15) is 22.1 Å². The lowest BCUT2D eigenvalue weighted by atomic mass is 10.3. The number of rotatable bonds is 4. The Labute approximate surface area is 129 Å². The molecule has 23 heavy (non-hydrogen) atoms. The highest BCUT2D eigenvalue weighted by atomic mass is 31.2. The Balaban J connectivity index is 1.64. The molecule has 10 heteroatoms. The summed E-state index contributed by atoms with van der Waals surface area (Å²) in [7, 11) is -3.56. The Bertz CT molecular complexity index is 962. The minimum Gasteiger partial charge on any atom is -0.302 e. The van der Waals surface area contributed by atoms with Crippen LogP contribution in [-0.2, 0) is 4.57 Å². The summed E-state index contributed by atoms with van der Waals surface area (Å²) in [5.41, 5.74) is 2.42. The summed E-state index contributed by atoms with van der Waals surface area (Å²) >= 11 is 0. The van der Waals surface area contributed by atoms with E-state index < -0.39 is 7.60 Å². The van der Waals surface area contributed by atoms with Crippen LogP contribution in [-0.4, -0.2) is 37.0 Å². The smallest absolute Gasteiger partial charge is 0.302 e. The Morgan fingerprint density at radius 2 is 1.26 bits per heavy atom. The van der Waals surface area contributed by atoms with Crippen LogP contribution in [0.1, 0.15) is 0 Å². The molecule has 2 aromatic carbocycles. The maximum atomic E-state index is 12.6. The molecule has 0 radical (unpaired) electrons. The molecule has 2 heterocycles. The van der Waals surface area contributed by atoms with E-state index in [1.165, 1.54) is 6.66 Å². The van der Waals surface area contributed by atoms with E-state index in [0.29, 0.717) is 22.1 Å². The second kappa shape index (κ2) is 5.06. The lowest BCUT2D eigenvalue weighted by Crippen LogP contribution is -2.19. The zero-order chi connectivity index (χ0) is 15.9. The lowest BCUT2D eigenvalue weighted by molar-refractivity contribution is 0.150. The minimum atomic E-state index is -3.56. The van der Waals surface area contributed by atoms with Crippen molar-refractivity contribution in [3.05, 3.63) is 48.5 Å². The zero-order valence-electron chi connectivity index (χ0n) is 12.0. The number of aromatic nitrogens is 6. The van der Waals surface area contributed by atoms with Gasteiger partial charge in [-0.25, -0.2) is 4.57 Å². The van der Waals surface area contributed by atoms with Crippen LogP contribution in [0.4, 0.5) is 0 Å². The molecule has 9 nitrogen and oxygen atoms in total. The molecule has 0 fully saturated rings. The van der Waals surface area contributed by atoms with E-state index in [4.69, 9.17) is 9.25 Å². The van der Waals surface area contributed by atoms with Gasteiger partial charge in [0.2, 0.25) is 0 Å². The largest absolute Gasteiger partial charge is 0.467 e. The van der Waals surface area contributed by atoms with Crippen LogP contribution in [0.3, 0.4) is 0 Å². The number of nitrogens with zero attached hydrogens (tertiary/aromatic N) is 6. The molecule has 116 valence electrons. The second-order valence-corrected chi connectivity index (χ2v) is 6.71. The molecule has 0 N–H and O–H groups in total. The van der Waals surface area contributed by atoms with Crippen LogP contribution in [0.5, 0.6) is 0 Å². The maximum Gasteiger partial charge on any atom is 0.467 e. The van der Waals surface area contributed by atoms with Gasteiger partial charge in [0.25, 0.3) is 0 Å². The molecule has 0 aliphatic rings. The van der Waals surface area contributed by atoms with Crippen molar-refractivity contribution in [3.63, 3.8) is 0 Å². The Kier molecular flexibility index (Phi) is 3.02. The van der Waals surface area contributed by atoms with E-state index >= 15 is 0 Å². The van der Waals surface area contributed by atoms with E-state index in [2.05, 4.69) is 20.6 Å². The van der Waals surface area contributed by atoms with Crippen molar-refractivity contribution < 1.29 is 13.8 Å². The number of para-hydroxylation sites is 2. The standard InChI is InChI=1S/C13H11N6O3P/c1-23(20,21-18-12-8-4-2-6-10(12)14-16-18)22-19-13-9-5-3-7-11(13)15-17-19/h2-9H,1H3. The van der Waals surface area contributed by atoms with Crippen molar-refractivity contribution in [1.29, 1.82) is 0 Å². The quantitative estimate of drug-likeness (QED) is 0.524. The molecule has 0 saturated heterocycles. The predicted molar refractivity (Wildman–Crippen MR) is 81.7 cm³/mol. The van der Waals surface area contributed by atoms with Crippen molar-refractivity contribution >= 4 is 29.7 Å². The Morgan fingerprint density at radius 1 is 0.826 bits per heavy atom. The minimum absolute atomic E-state index is 0.585. The molecule has 0 unspecified atom stereocenters. The van der Waals surface area contributed by atoms with Gasteiger partial charge in [-0.1, -0.05) is 34.0 Å². The first kappa shape index (κ1) is 13.7. The summed E-state index contributed by atoms with van der Waals surface area (Å²) < 4.78 is 23.3. The fraction of sp³-hybridized carbons (Fsp3) is 0.0769. The highest BCUT2D eigenvalue weighted by Crippen LogP contribution is 2.36. The first-order valence-corrected chi connectivity index (χ1v) is 8.70. The fourth-order valence-electron chi connectivity index (χ4n) is 2.11. The molecule has 0 amide bonds. The van der Waals surface area contributed by atoms with Crippen molar-refractivity contribution in [2.45, 2.75) is 0 Å². The lowest BCUT2D eigenvalue weighted by Gasteiger charge is -2.13. The molecule has 4 rings (SSSR count). The monoisotopic (exact) mass is 330 g/mol. The van der Waals surface area contributed by atoms with Crippen LogP contribution in [0.15, 0.2) is 48.5 Å². The van der Waals surface area contributed by atoms with Crippen LogP contribution in [0.2, 0.25) is 0 Å². The van der Waals surface area contributed by atoms with Gasteiger partial charge in [-0.3, -0.25) is 0 Å². The molecule has 0 aliphatic carbocycles. The average Bonchev–Trinajstić information content (AvgIpc) is 3.12. The maximum absolute atomic E-state index is 12.6. The summed E-state index contributed by atoms with van der Waals surface area (Å²) in [5.74, 6) is 0. The third-order valence-electron chi connectivity index (χ3n) is 3.09. The van der Waals surface area contributed by atoms with E-state index in [9.17, 15) is 4.57 Å². The van der Waals surface area contributed by atoms with Crippen LogP contribution in [0, 0.1) is 0 Å². The van der Waals surface area contributed by atoms with Crippen LogP contribution in [0.25, 0.3) is 22.1 Å². The zero-order valence-corrected chi connectivity index (χ0v) is 12.9. The summed E-state index contributed by atoms with van der Waals surface area (Å²) in [5, 5.41) is 15.5. The van der Waals surface area contributed by atoms with E-state index in [0.717, 1.165) is 9.69 Å². The molecular formula is C13H11N6O3P. The molecule has 0 saturated carbocycles. The molecule has 0 atom stereocenters. The summed E-state index contributed by atoms with van der Waals surface area (Å²) in [4.78, 5) is 2.16. The SMILES string of the molecule is CP(=O)(On1nnc2ccccc21)On1nnc2ccccc21. The number of benzene rings is 2. The van der Waals surface area contributed by atoms with E-state index in [-0.39, 0.29) is 0 Å². The normalized spacial score (nSPS) is 11.9. The van der Waals surface area contributed by atoms with Gasteiger partial charge in [-0.2, -0.15) is 0 Å². The third kappa shape index (κ3) is 2.51. The third-order valence-corrected chi connectivity index (χ3v) is 4.00. The second-order valence-electron chi connectivity index (χ2n) is 4.84. The fourth-order valence-corrected chi connectivity index (χ4v) is 2.94. The molecule has 4 aromatic rings. The van der Waals surface area contributed by atoms with Crippen molar-refractivity contribution in [3.8, 4) is 0 Å². The first-order chi connectivity index (χ1) is 11.1. The van der Waals surface area contributed by atoms with E-state index in [1.807, 2.05) is 12.1 Å². The van der Waals surface area contributed by atoms with Gasteiger partial charge >= 0.3 is 7.60 Å². The average molecular weight is 330 g/mol. The number of hydrogen-bond donors (Lipinski definition) is 0. The number of hydrogen-bond acceptors (Lipinski definition) is 7. The first-order valence-electron chi connectivity index (χ1n) is 6.71. The number of fused-ring (bicyclic) bond motifs is 2. The summed E-state index contributed by atoms with van der Waals surface area (Å²) in [6.45, 7) is 1.32. The van der Waals surface area contributed by atoms with Gasteiger partial charge in [-0.05, 0) is 34.7 Å².